The third-order valence-corrected chi connectivity index (χ3v) is 4.04. The molecule has 1 aromatic heterocycles. The van der Waals surface area contributed by atoms with Gasteiger partial charge in [0.15, 0.2) is 0 Å². The molecule has 1 atom stereocenters. The fourth-order valence-electron chi connectivity index (χ4n) is 2.90. The van der Waals surface area contributed by atoms with Crippen LogP contribution in [0.15, 0.2) is 12.3 Å². The van der Waals surface area contributed by atoms with Crippen LogP contribution in [0.25, 0.3) is 0 Å². The van der Waals surface area contributed by atoms with E-state index in [1.807, 2.05) is 6.20 Å². The molecule has 1 saturated heterocycles. The molecule has 21 heavy (non-hydrogen) atoms. The summed E-state index contributed by atoms with van der Waals surface area (Å²) in [5.74, 6) is 0.647. The fourth-order valence-corrected chi connectivity index (χ4v) is 2.90. The number of rotatable bonds is 7. The van der Waals surface area contributed by atoms with Crippen molar-refractivity contribution in [2.24, 2.45) is 5.92 Å². The highest BCUT2D eigenvalue weighted by Gasteiger charge is 2.17. The number of aromatic nitrogens is 1. The average molecular weight is 291 g/mol. The minimum Gasteiger partial charge on any atom is -0.381 e. The topological polar surface area (TPSA) is 37.4 Å². The van der Waals surface area contributed by atoms with Gasteiger partial charge in [0.25, 0.3) is 0 Å². The summed E-state index contributed by atoms with van der Waals surface area (Å²) in [6, 6.07) is 2.20. The van der Waals surface area contributed by atoms with Crippen molar-refractivity contribution in [3.63, 3.8) is 0 Å². The second kappa shape index (κ2) is 8.35. The molecule has 4 heteroatoms. The van der Waals surface area contributed by atoms with Gasteiger partial charge in [-0.05, 0) is 44.7 Å². The molecule has 1 N–H and O–H groups in total. The molecule has 0 radical (unpaired) electrons. The molecule has 2 heterocycles. The van der Waals surface area contributed by atoms with Gasteiger partial charge in [-0.25, -0.2) is 0 Å². The Labute approximate surface area is 128 Å². The number of hydrogen-bond acceptors (Lipinski definition) is 4. The zero-order valence-electron chi connectivity index (χ0n) is 13.7. The van der Waals surface area contributed by atoms with Crippen molar-refractivity contribution in [1.29, 1.82) is 0 Å². The first-order chi connectivity index (χ1) is 10.2. The maximum atomic E-state index is 5.60. The van der Waals surface area contributed by atoms with E-state index in [-0.39, 0.29) is 0 Å². The summed E-state index contributed by atoms with van der Waals surface area (Å²) >= 11 is 0. The average Bonchev–Trinajstić information content (AvgIpc) is 2.50. The van der Waals surface area contributed by atoms with Crippen molar-refractivity contribution in [1.82, 2.24) is 10.3 Å². The lowest BCUT2D eigenvalue weighted by atomic mass is 10.0. The van der Waals surface area contributed by atoms with E-state index in [4.69, 9.17) is 4.74 Å². The smallest absolute Gasteiger partial charge is 0.0511 e. The van der Waals surface area contributed by atoms with Crippen LogP contribution >= 0.6 is 0 Å². The Morgan fingerprint density at radius 3 is 3.05 bits per heavy atom. The predicted octanol–water partition coefficient (Wildman–Crippen LogP) is 2.75. The van der Waals surface area contributed by atoms with Crippen LogP contribution in [0.3, 0.4) is 0 Å². The molecule has 1 fully saturated rings. The van der Waals surface area contributed by atoms with Crippen LogP contribution in [-0.4, -0.2) is 38.3 Å². The lowest BCUT2D eigenvalue weighted by Crippen LogP contribution is -2.32. The van der Waals surface area contributed by atoms with E-state index >= 15 is 0 Å². The summed E-state index contributed by atoms with van der Waals surface area (Å²) in [6.07, 6.45) is 5.64. The third-order valence-electron chi connectivity index (χ3n) is 4.04. The van der Waals surface area contributed by atoms with Crippen molar-refractivity contribution >= 4 is 5.69 Å². The number of anilines is 1. The van der Waals surface area contributed by atoms with Gasteiger partial charge in [-0.15, -0.1) is 0 Å². The molecule has 0 saturated carbocycles. The molecule has 4 nitrogen and oxygen atoms in total. The molecule has 1 unspecified atom stereocenters. The van der Waals surface area contributed by atoms with Gasteiger partial charge >= 0.3 is 0 Å². The number of aryl methyl sites for hydroxylation is 1. The van der Waals surface area contributed by atoms with Crippen LogP contribution in [0.2, 0.25) is 0 Å². The van der Waals surface area contributed by atoms with E-state index in [1.54, 1.807) is 0 Å². The van der Waals surface area contributed by atoms with Crippen LogP contribution < -0.4 is 10.2 Å². The fraction of sp³-hybridized carbons (Fsp3) is 0.706. The second-order valence-corrected chi connectivity index (χ2v) is 6.09. The number of ether oxygens (including phenoxy) is 1. The van der Waals surface area contributed by atoms with Crippen LogP contribution in [0.5, 0.6) is 0 Å². The van der Waals surface area contributed by atoms with Gasteiger partial charge in [-0.2, -0.15) is 0 Å². The largest absolute Gasteiger partial charge is 0.381 e. The van der Waals surface area contributed by atoms with Crippen molar-refractivity contribution in [3.8, 4) is 0 Å². The maximum absolute atomic E-state index is 5.60. The van der Waals surface area contributed by atoms with E-state index in [2.05, 4.69) is 42.2 Å². The Morgan fingerprint density at radius 1 is 1.48 bits per heavy atom. The van der Waals surface area contributed by atoms with Crippen molar-refractivity contribution in [2.45, 2.75) is 39.7 Å². The Hall–Kier alpha value is -1.13. The monoisotopic (exact) mass is 291 g/mol. The summed E-state index contributed by atoms with van der Waals surface area (Å²) in [7, 11) is 2.19. The first kappa shape index (κ1) is 16.2. The van der Waals surface area contributed by atoms with Crippen LogP contribution in [0.1, 0.15) is 37.4 Å². The first-order valence-corrected chi connectivity index (χ1v) is 8.15. The highest BCUT2D eigenvalue weighted by molar-refractivity contribution is 5.53. The minimum absolute atomic E-state index is 0.647. The molecular formula is C17H29N3O. The van der Waals surface area contributed by atoms with E-state index < -0.39 is 0 Å². The summed E-state index contributed by atoms with van der Waals surface area (Å²) in [4.78, 5) is 6.83. The zero-order valence-corrected chi connectivity index (χ0v) is 13.7. The highest BCUT2D eigenvalue weighted by Crippen LogP contribution is 2.23. The molecule has 0 bridgehead atoms. The standard InChI is InChI=1S/C17H29N3O/c1-4-7-18-10-16-11-19-14(2)9-17(16)20(3)12-15-6-5-8-21-13-15/h9,11,15,18H,4-8,10,12-13H2,1-3H3. The van der Waals surface area contributed by atoms with Gasteiger partial charge in [-0.3, -0.25) is 4.98 Å². The summed E-state index contributed by atoms with van der Waals surface area (Å²) in [5.41, 5.74) is 3.67. The number of pyridine rings is 1. The third kappa shape index (κ3) is 4.97. The van der Waals surface area contributed by atoms with Crippen molar-refractivity contribution in [2.75, 3.05) is 38.3 Å². The second-order valence-electron chi connectivity index (χ2n) is 6.09. The molecule has 0 aliphatic carbocycles. The summed E-state index contributed by atoms with van der Waals surface area (Å²) in [5, 5.41) is 3.48. The quantitative estimate of drug-likeness (QED) is 0.784. The van der Waals surface area contributed by atoms with Gasteiger partial charge in [0, 0.05) is 49.9 Å². The predicted molar refractivity (Wildman–Crippen MR) is 87.8 cm³/mol. The Balaban J connectivity index is 2.02. The molecule has 0 aromatic carbocycles. The van der Waals surface area contributed by atoms with Crippen LogP contribution in [-0.2, 0) is 11.3 Å². The number of nitrogens with one attached hydrogen (secondary N) is 1. The van der Waals surface area contributed by atoms with E-state index in [0.29, 0.717) is 5.92 Å². The molecule has 2 rings (SSSR count). The first-order valence-electron chi connectivity index (χ1n) is 8.15. The summed E-state index contributed by atoms with van der Waals surface area (Å²) in [6.45, 7) is 9.08. The molecule has 118 valence electrons. The van der Waals surface area contributed by atoms with Crippen LogP contribution in [0, 0.1) is 12.8 Å². The lowest BCUT2D eigenvalue weighted by Gasteiger charge is -2.29. The maximum Gasteiger partial charge on any atom is 0.0511 e. The Bertz CT molecular complexity index is 430. The highest BCUT2D eigenvalue weighted by atomic mass is 16.5. The van der Waals surface area contributed by atoms with Gasteiger partial charge in [0.2, 0.25) is 0 Å². The van der Waals surface area contributed by atoms with Crippen molar-refractivity contribution < 1.29 is 4.74 Å². The van der Waals surface area contributed by atoms with Gasteiger partial charge in [-0.1, -0.05) is 6.92 Å². The van der Waals surface area contributed by atoms with Crippen LogP contribution in [0.4, 0.5) is 5.69 Å². The minimum atomic E-state index is 0.647. The van der Waals surface area contributed by atoms with E-state index in [1.165, 1.54) is 24.1 Å². The zero-order chi connectivity index (χ0) is 15.1. The van der Waals surface area contributed by atoms with E-state index in [9.17, 15) is 0 Å². The molecule has 1 aromatic rings. The number of nitrogens with zero attached hydrogens (tertiary/aromatic N) is 2. The Morgan fingerprint density at radius 2 is 2.33 bits per heavy atom. The van der Waals surface area contributed by atoms with Gasteiger partial charge in [0.1, 0.15) is 0 Å². The van der Waals surface area contributed by atoms with Gasteiger partial charge < -0.3 is 15.0 Å². The van der Waals surface area contributed by atoms with Gasteiger partial charge in [0.05, 0.1) is 6.61 Å². The summed E-state index contributed by atoms with van der Waals surface area (Å²) < 4.78 is 5.60. The molecule has 0 spiro atoms. The molecule has 0 amide bonds. The molecule has 1 aliphatic heterocycles. The molecule has 1 aliphatic rings. The normalized spacial score (nSPS) is 18.7. The molecular weight excluding hydrogens is 262 g/mol. The SMILES string of the molecule is CCCNCc1cnc(C)cc1N(C)CC1CCCOC1. The van der Waals surface area contributed by atoms with Crippen molar-refractivity contribution in [3.05, 3.63) is 23.5 Å². The lowest BCUT2D eigenvalue weighted by molar-refractivity contribution is 0.0576. The Kier molecular flexibility index (Phi) is 6.46. The van der Waals surface area contributed by atoms with E-state index in [0.717, 1.165) is 45.0 Å². The number of hydrogen-bond donors (Lipinski definition) is 1.